The second-order valence-corrected chi connectivity index (χ2v) is 7.87. The summed E-state index contributed by atoms with van der Waals surface area (Å²) in [5, 5.41) is 2.96. The van der Waals surface area contributed by atoms with E-state index < -0.39 is 0 Å². The van der Waals surface area contributed by atoms with Crippen LogP contribution in [0.5, 0.6) is 0 Å². The molecular weight excluding hydrogens is 330 g/mol. The maximum Gasteiger partial charge on any atom is 0.252 e. The van der Waals surface area contributed by atoms with Crippen LogP contribution in [0.15, 0.2) is 24.5 Å². The molecule has 1 aromatic heterocycles. The molecule has 3 heterocycles. The van der Waals surface area contributed by atoms with Crippen LogP contribution in [0, 0.1) is 11.8 Å². The molecule has 0 unspecified atom stereocenters. The van der Waals surface area contributed by atoms with E-state index in [0.717, 1.165) is 25.9 Å². The zero-order valence-electron chi connectivity index (χ0n) is 15.7. The van der Waals surface area contributed by atoms with Gasteiger partial charge in [-0.15, -0.1) is 0 Å². The summed E-state index contributed by atoms with van der Waals surface area (Å²) >= 11 is 0. The number of ether oxygens (including phenoxy) is 1. The first kappa shape index (κ1) is 18.8. The molecule has 2 saturated heterocycles. The molecule has 142 valence electrons. The number of nitrogens with one attached hydrogen (secondary N) is 1. The van der Waals surface area contributed by atoms with Crippen molar-refractivity contribution in [1.29, 1.82) is 0 Å². The molecule has 6 nitrogen and oxygen atoms in total. The molecule has 0 aliphatic carbocycles. The number of hydrogen-bond donors (Lipinski definition) is 1. The van der Waals surface area contributed by atoms with E-state index >= 15 is 0 Å². The maximum absolute atomic E-state index is 12.2. The van der Waals surface area contributed by atoms with Gasteiger partial charge in [0.05, 0.1) is 18.7 Å². The van der Waals surface area contributed by atoms with Crippen LogP contribution in [0.2, 0.25) is 0 Å². The summed E-state index contributed by atoms with van der Waals surface area (Å²) in [5.41, 5.74) is 0.391. The van der Waals surface area contributed by atoms with Gasteiger partial charge in [-0.2, -0.15) is 0 Å². The summed E-state index contributed by atoms with van der Waals surface area (Å²) < 4.78 is 6.02. The number of hydrogen-bond acceptors (Lipinski definition) is 4. The normalized spacial score (nSPS) is 21.0. The molecule has 1 N–H and O–H groups in total. The highest BCUT2D eigenvalue weighted by Crippen LogP contribution is 2.41. The number of carbonyl (C=O) groups is 2. The number of rotatable bonds is 7. The van der Waals surface area contributed by atoms with Crippen LogP contribution in [0.25, 0.3) is 0 Å². The zero-order chi connectivity index (χ0) is 18.6. The third kappa shape index (κ3) is 4.23. The minimum Gasteiger partial charge on any atom is -0.371 e. The van der Waals surface area contributed by atoms with Gasteiger partial charge in [-0.3, -0.25) is 14.6 Å². The van der Waals surface area contributed by atoms with E-state index in [4.69, 9.17) is 4.74 Å². The van der Waals surface area contributed by atoms with Gasteiger partial charge in [0.1, 0.15) is 5.60 Å². The van der Waals surface area contributed by atoms with E-state index in [1.165, 1.54) is 0 Å². The van der Waals surface area contributed by atoms with Gasteiger partial charge in [0.15, 0.2) is 0 Å². The fraction of sp³-hybridized carbons (Fsp3) is 0.650. The lowest BCUT2D eigenvalue weighted by Gasteiger charge is -2.50. The molecular formula is C20H29N3O3. The summed E-state index contributed by atoms with van der Waals surface area (Å²) in [6.07, 6.45) is 6.66. The smallest absolute Gasteiger partial charge is 0.252 e. The van der Waals surface area contributed by atoms with Gasteiger partial charge < -0.3 is 15.0 Å². The lowest BCUT2D eigenvalue weighted by Crippen LogP contribution is -2.66. The van der Waals surface area contributed by atoms with Gasteiger partial charge in [0.2, 0.25) is 5.91 Å². The Morgan fingerprint density at radius 2 is 2.23 bits per heavy atom. The standard InChI is InChI=1S/C20H29N3O3/c1-15(2)5-6-18(24)23-13-20(14-23)17(8-11-26-20)7-10-22-19(25)16-4-3-9-21-12-16/h3-4,9,12,15,17H,5-8,10-11,13-14H2,1-2H3,(H,22,25)/t17-/m1/s1. The molecule has 26 heavy (non-hydrogen) atoms. The van der Waals surface area contributed by atoms with Crippen LogP contribution in [-0.2, 0) is 9.53 Å². The second kappa shape index (κ2) is 8.16. The first-order valence-electron chi connectivity index (χ1n) is 9.60. The van der Waals surface area contributed by atoms with Crippen LogP contribution < -0.4 is 5.32 Å². The Hall–Kier alpha value is -1.95. The van der Waals surface area contributed by atoms with Gasteiger partial charge in [0.25, 0.3) is 5.91 Å². The SMILES string of the molecule is CC(C)CCC(=O)N1CC2(C1)OCC[C@H]2CCNC(=O)c1cccnc1. The van der Waals surface area contributed by atoms with E-state index in [9.17, 15) is 9.59 Å². The van der Waals surface area contributed by atoms with Gasteiger partial charge in [-0.25, -0.2) is 0 Å². The minimum atomic E-state index is -0.188. The predicted octanol–water partition coefficient (Wildman–Crippen LogP) is 2.26. The number of nitrogens with zero attached hydrogens (tertiary/aromatic N) is 2. The molecule has 0 bridgehead atoms. The van der Waals surface area contributed by atoms with Crippen molar-refractivity contribution in [3.05, 3.63) is 30.1 Å². The fourth-order valence-electron chi connectivity index (χ4n) is 3.85. The van der Waals surface area contributed by atoms with E-state index in [1.54, 1.807) is 24.5 Å². The zero-order valence-corrected chi connectivity index (χ0v) is 15.7. The lowest BCUT2D eigenvalue weighted by molar-refractivity contribution is -0.165. The molecule has 0 aromatic carbocycles. The Bertz CT molecular complexity index is 626. The van der Waals surface area contributed by atoms with Crippen molar-refractivity contribution in [3.8, 4) is 0 Å². The monoisotopic (exact) mass is 359 g/mol. The van der Waals surface area contributed by atoms with Crippen molar-refractivity contribution in [2.75, 3.05) is 26.2 Å². The third-order valence-corrected chi connectivity index (χ3v) is 5.51. The van der Waals surface area contributed by atoms with E-state index in [2.05, 4.69) is 24.1 Å². The predicted molar refractivity (Wildman–Crippen MR) is 98.6 cm³/mol. The highest BCUT2D eigenvalue weighted by atomic mass is 16.5. The van der Waals surface area contributed by atoms with Crippen molar-refractivity contribution in [2.24, 2.45) is 11.8 Å². The molecule has 1 atom stereocenters. The molecule has 6 heteroatoms. The number of likely N-dealkylation sites (tertiary alicyclic amines) is 1. The Balaban J connectivity index is 1.43. The summed E-state index contributed by atoms with van der Waals surface area (Å²) in [7, 11) is 0. The summed E-state index contributed by atoms with van der Waals surface area (Å²) in [5.74, 6) is 1.09. The van der Waals surface area contributed by atoms with Gasteiger partial charge >= 0.3 is 0 Å². The molecule has 2 aliphatic heterocycles. The number of pyridine rings is 1. The van der Waals surface area contributed by atoms with E-state index in [1.807, 2.05) is 4.90 Å². The average Bonchev–Trinajstić information content (AvgIpc) is 3.03. The van der Waals surface area contributed by atoms with Gasteiger partial charge in [-0.1, -0.05) is 13.8 Å². The first-order valence-corrected chi connectivity index (χ1v) is 9.60. The molecule has 0 radical (unpaired) electrons. The molecule has 1 spiro atoms. The minimum absolute atomic E-state index is 0.0924. The van der Waals surface area contributed by atoms with Crippen molar-refractivity contribution in [1.82, 2.24) is 15.2 Å². The topological polar surface area (TPSA) is 71.5 Å². The average molecular weight is 359 g/mol. The molecule has 0 saturated carbocycles. The molecule has 2 amide bonds. The highest BCUT2D eigenvalue weighted by Gasteiger charge is 2.53. The van der Waals surface area contributed by atoms with Crippen molar-refractivity contribution in [3.63, 3.8) is 0 Å². The van der Waals surface area contributed by atoms with Crippen molar-refractivity contribution in [2.45, 2.75) is 45.1 Å². The third-order valence-electron chi connectivity index (χ3n) is 5.51. The van der Waals surface area contributed by atoms with Crippen LogP contribution in [0.4, 0.5) is 0 Å². The number of aromatic nitrogens is 1. The molecule has 3 rings (SSSR count). The van der Waals surface area contributed by atoms with E-state index in [0.29, 0.717) is 43.5 Å². The summed E-state index contributed by atoms with van der Waals surface area (Å²) in [6, 6.07) is 3.52. The Labute approximate surface area is 155 Å². The first-order chi connectivity index (χ1) is 12.5. The lowest BCUT2D eigenvalue weighted by atomic mass is 9.78. The van der Waals surface area contributed by atoms with Crippen molar-refractivity contribution < 1.29 is 14.3 Å². The Morgan fingerprint density at radius 1 is 1.42 bits per heavy atom. The number of carbonyl (C=O) groups excluding carboxylic acids is 2. The number of amides is 2. The molecule has 1 aromatic rings. The summed E-state index contributed by atoms with van der Waals surface area (Å²) in [6.45, 7) is 7.04. The van der Waals surface area contributed by atoms with Crippen LogP contribution in [-0.4, -0.2) is 53.5 Å². The van der Waals surface area contributed by atoms with Crippen LogP contribution in [0.1, 0.15) is 49.9 Å². The quantitative estimate of drug-likeness (QED) is 0.811. The summed E-state index contributed by atoms with van der Waals surface area (Å²) in [4.78, 5) is 30.2. The maximum atomic E-state index is 12.2. The van der Waals surface area contributed by atoms with Gasteiger partial charge in [0, 0.05) is 32.0 Å². The highest BCUT2D eigenvalue weighted by molar-refractivity contribution is 5.93. The van der Waals surface area contributed by atoms with E-state index in [-0.39, 0.29) is 17.4 Å². The fourth-order valence-corrected chi connectivity index (χ4v) is 3.85. The second-order valence-electron chi connectivity index (χ2n) is 7.87. The largest absolute Gasteiger partial charge is 0.371 e. The van der Waals surface area contributed by atoms with Gasteiger partial charge in [-0.05, 0) is 43.2 Å². The molecule has 2 aliphatic rings. The Morgan fingerprint density at radius 3 is 2.92 bits per heavy atom. The van der Waals surface area contributed by atoms with Crippen LogP contribution >= 0.6 is 0 Å². The van der Waals surface area contributed by atoms with Crippen LogP contribution in [0.3, 0.4) is 0 Å². The van der Waals surface area contributed by atoms with Crippen molar-refractivity contribution >= 4 is 11.8 Å². The molecule has 2 fully saturated rings. The Kier molecular flexibility index (Phi) is 5.91.